The number of benzene rings is 1. The third-order valence-electron chi connectivity index (χ3n) is 2.99. The molecule has 1 nitrogen and oxygen atoms in total. The van der Waals surface area contributed by atoms with Crippen LogP contribution in [0.5, 0.6) is 0 Å². The second kappa shape index (κ2) is 8.92. The van der Waals surface area contributed by atoms with Gasteiger partial charge in [0.2, 0.25) is 0 Å². The van der Waals surface area contributed by atoms with Crippen molar-refractivity contribution in [2.75, 3.05) is 11.0 Å². The number of hydrogen-bond donors (Lipinski definition) is 0. The van der Waals surface area contributed by atoms with E-state index in [9.17, 15) is 0 Å². The minimum Gasteiger partial charge on any atom is -0.373 e. The molecule has 0 aliphatic carbocycles. The Morgan fingerprint density at radius 2 is 1.94 bits per heavy atom. The lowest BCUT2D eigenvalue weighted by atomic mass is 10.0. The first-order valence-electron chi connectivity index (χ1n) is 6.52. The smallest absolute Gasteiger partial charge is 0.0916 e. The van der Waals surface area contributed by atoms with Crippen molar-refractivity contribution in [3.05, 3.63) is 35.4 Å². The first-order chi connectivity index (χ1) is 8.29. The Morgan fingerprint density at radius 3 is 2.59 bits per heavy atom. The average Bonchev–Trinajstić information content (AvgIpc) is 2.35. The largest absolute Gasteiger partial charge is 0.373 e. The van der Waals surface area contributed by atoms with E-state index in [4.69, 9.17) is 4.74 Å². The van der Waals surface area contributed by atoms with Crippen LogP contribution in [0.4, 0.5) is 0 Å². The number of aryl methyl sites for hydroxylation is 1. The molecular weight excluding hydrogens is 323 g/mol. The molecule has 0 aliphatic heterocycles. The molecule has 0 spiro atoms. The van der Waals surface area contributed by atoms with Crippen molar-refractivity contribution in [3.63, 3.8) is 0 Å². The van der Waals surface area contributed by atoms with Gasteiger partial charge >= 0.3 is 0 Å². The molecule has 96 valence electrons. The van der Waals surface area contributed by atoms with Gasteiger partial charge in [0.1, 0.15) is 0 Å². The third kappa shape index (κ3) is 5.38. The Labute approximate surface area is 119 Å². The van der Waals surface area contributed by atoms with Crippen molar-refractivity contribution in [1.82, 2.24) is 0 Å². The number of alkyl halides is 1. The molecule has 0 radical (unpaired) electrons. The monoisotopic (exact) mass is 346 g/mol. The van der Waals surface area contributed by atoms with Gasteiger partial charge in [-0.1, -0.05) is 73.0 Å². The molecule has 1 aromatic rings. The van der Waals surface area contributed by atoms with Crippen molar-refractivity contribution in [3.8, 4) is 0 Å². The SMILES string of the molecule is CCCCCCOC(CI)c1ccccc1C. The van der Waals surface area contributed by atoms with E-state index in [0.29, 0.717) is 0 Å². The number of unbranched alkanes of at least 4 members (excludes halogenated alkanes) is 3. The summed E-state index contributed by atoms with van der Waals surface area (Å²) in [6.45, 7) is 5.29. The highest BCUT2D eigenvalue weighted by atomic mass is 127. The highest BCUT2D eigenvalue weighted by Gasteiger charge is 2.11. The Bertz CT molecular complexity index is 312. The summed E-state index contributed by atoms with van der Waals surface area (Å²) >= 11 is 2.41. The van der Waals surface area contributed by atoms with E-state index in [1.165, 1.54) is 36.8 Å². The standard InChI is InChI=1S/C15H23IO/c1-3-4-5-8-11-17-15(12-16)14-10-7-6-9-13(14)2/h6-7,9-10,15H,3-5,8,11-12H2,1-2H3. The zero-order valence-corrected chi connectivity index (χ0v) is 13.1. The van der Waals surface area contributed by atoms with Crippen LogP contribution in [0.25, 0.3) is 0 Å². The summed E-state index contributed by atoms with van der Waals surface area (Å²) in [4.78, 5) is 0. The zero-order chi connectivity index (χ0) is 12.5. The van der Waals surface area contributed by atoms with Crippen LogP contribution in [0, 0.1) is 6.92 Å². The molecule has 1 unspecified atom stereocenters. The van der Waals surface area contributed by atoms with E-state index < -0.39 is 0 Å². The van der Waals surface area contributed by atoms with Crippen LogP contribution in [-0.2, 0) is 4.74 Å². The highest BCUT2D eigenvalue weighted by molar-refractivity contribution is 14.1. The van der Waals surface area contributed by atoms with Gasteiger partial charge in [-0.2, -0.15) is 0 Å². The number of rotatable bonds is 8. The molecule has 1 rings (SSSR count). The Balaban J connectivity index is 2.41. The van der Waals surface area contributed by atoms with Crippen LogP contribution in [0.1, 0.15) is 49.8 Å². The maximum atomic E-state index is 6.00. The normalized spacial score (nSPS) is 12.6. The van der Waals surface area contributed by atoms with Crippen molar-refractivity contribution in [2.24, 2.45) is 0 Å². The molecule has 0 saturated heterocycles. The van der Waals surface area contributed by atoms with Crippen molar-refractivity contribution in [2.45, 2.75) is 45.6 Å². The van der Waals surface area contributed by atoms with Gasteiger partial charge in [-0.15, -0.1) is 0 Å². The molecule has 0 N–H and O–H groups in total. The van der Waals surface area contributed by atoms with Gasteiger partial charge in [0.25, 0.3) is 0 Å². The average molecular weight is 346 g/mol. The molecule has 0 aliphatic rings. The van der Waals surface area contributed by atoms with Crippen molar-refractivity contribution in [1.29, 1.82) is 0 Å². The van der Waals surface area contributed by atoms with E-state index in [1.807, 2.05) is 0 Å². The first-order valence-corrected chi connectivity index (χ1v) is 8.05. The van der Waals surface area contributed by atoms with Gasteiger partial charge in [-0.05, 0) is 24.5 Å². The van der Waals surface area contributed by atoms with Crippen molar-refractivity contribution >= 4 is 22.6 Å². The summed E-state index contributed by atoms with van der Waals surface area (Å²) in [5.74, 6) is 0. The third-order valence-corrected chi connectivity index (χ3v) is 3.79. The topological polar surface area (TPSA) is 9.23 Å². The molecule has 0 bridgehead atoms. The minimum absolute atomic E-state index is 0.262. The lowest BCUT2D eigenvalue weighted by Gasteiger charge is -2.18. The van der Waals surface area contributed by atoms with E-state index in [1.54, 1.807) is 0 Å². The minimum atomic E-state index is 0.262. The lowest BCUT2D eigenvalue weighted by molar-refractivity contribution is 0.0675. The molecule has 17 heavy (non-hydrogen) atoms. The number of ether oxygens (including phenoxy) is 1. The zero-order valence-electron chi connectivity index (χ0n) is 10.9. The van der Waals surface area contributed by atoms with E-state index in [0.717, 1.165) is 11.0 Å². The summed E-state index contributed by atoms with van der Waals surface area (Å²) < 4.78 is 7.02. The summed E-state index contributed by atoms with van der Waals surface area (Å²) in [7, 11) is 0. The Kier molecular flexibility index (Phi) is 7.86. The van der Waals surface area contributed by atoms with E-state index in [2.05, 4.69) is 60.7 Å². The Morgan fingerprint density at radius 1 is 1.18 bits per heavy atom. The molecule has 0 fully saturated rings. The number of halogens is 1. The predicted molar refractivity (Wildman–Crippen MR) is 82.9 cm³/mol. The fraction of sp³-hybridized carbons (Fsp3) is 0.600. The highest BCUT2D eigenvalue weighted by Crippen LogP contribution is 2.23. The Hall–Kier alpha value is -0.0900. The maximum Gasteiger partial charge on any atom is 0.0916 e. The molecule has 1 atom stereocenters. The molecule has 0 heterocycles. The predicted octanol–water partition coefficient (Wildman–Crippen LogP) is 5.07. The van der Waals surface area contributed by atoms with E-state index in [-0.39, 0.29) is 6.10 Å². The van der Waals surface area contributed by atoms with Crippen LogP contribution >= 0.6 is 22.6 Å². The molecule has 0 saturated carbocycles. The van der Waals surface area contributed by atoms with Crippen LogP contribution < -0.4 is 0 Å². The second-order valence-corrected chi connectivity index (χ2v) is 5.31. The summed E-state index contributed by atoms with van der Waals surface area (Å²) in [5, 5.41) is 0. The second-order valence-electron chi connectivity index (χ2n) is 4.43. The molecule has 0 aromatic heterocycles. The summed E-state index contributed by atoms with van der Waals surface area (Å²) in [5.41, 5.74) is 2.68. The molecule has 2 heteroatoms. The molecular formula is C15H23IO. The van der Waals surface area contributed by atoms with Crippen LogP contribution in [0.15, 0.2) is 24.3 Å². The van der Waals surface area contributed by atoms with Crippen molar-refractivity contribution < 1.29 is 4.74 Å². The number of hydrogen-bond acceptors (Lipinski definition) is 1. The lowest BCUT2D eigenvalue weighted by Crippen LogP contribution is -2.08. The van der Waals surface area contributed by atoms with Gasteiger partial charge in [0.15, 0.2) is 0 Å². The quantitative estimate of drug-likeness (QED) is 0.363. The first kappa shape index (κ1) is 15.0. The van der Waals surface area contributed by atoms with Gasteiger partial charge in [0.05, 0.1) is 6.10 Å². The molecule has 1 aromatic carbocycles. The van der Waals surface area contributed by atoms with Gasteiger partial charge < -0.3 is 4.74 Å². The fourth-order valence-electron chi connectivity index (χ4n) is 1.92. The van der Waals surface area contributed by atoms with Gasteiger partial charge in [0, 0.05) is 11.0 Å². The van der Waals surface area contributed by atoms with Crippen LogP contribution in [0.3, 0.4) is 0 Å². The van der Waals surface area contributed by atoms with Crippen LogP contribution in [-0.4, -0.2) is 11.0 Å². The van der Waals surface area contributed by atoms with Crippen LogP contribution in [0.2, 0.25) is 0 Å². The summed E-state index contributed by atoms with van der Waals surface area (Å²) in [6, 6.07) is 8.53. The van der Waals surface area contributed by atoms with E-state index >= 15 is 0 Å². The fourth-order valence-corrected chi connectivity index (χ4v) is 2.65. The van der Waals surface area contributed by atoms with Gasteiger partial charge in [-0.3, -0.25) is 0 Å². The van der Waals surface area contributed by atoms with Gasteiger partial charge in [-0.25, -0.2) is 0 Å². The maximum absolute atomic E-state index is 6.00. The summed E-state index contributed by atoms with van der Waals surface area (Å²) in [6.07, 6.45) is 5.35. The molecule has 0 amide bonds.